The number of carbonyl (C=O) groups is 2. The van der Waals surface area contributed by atoms with E-state index in [0.29, 0.717) is 23.8 Å². The largest absolute Gasteiger partial charge is 0.497 e. The maximum atomic E-state index is 13.0. The number of hydrogen-bond acceptors (Lipinski definition) is 5. The molecular weight excluding hydrogens is 384 g/mol. The van der Waals surface area contributed by atoms with Crippen LogP contribution >= 0.6 is 0 Å². The highest BCUT2D eigenvalue weighted by Crippen LogP contribution is 2.26. The first-order valence-electron chi connectivity index (χ1n) is 9.96. The van der Waals surface area contributed by atoms with Crippen LogP contribution in [0.25, 0.3) is 0 Å². The molecule has 2 amide bonds. The van der Waals surface area contributed by atoms with Gasteiger partial charge in [0.1, 0.15) is 11.8 Å². The molecule has 2 aromatic rings. The molecule has 2 aromatic carbocycles. The predicted octanol–water partition coefficient (Wildman–Crippen LogP) is 3.03. The molecular formula is C23H30N2O5. The van der Waals surface area contributed by atoms with Gasteiger partial charge in [-0.2, -0.15) is 0 Å². The lowest BCUT2D eigenvalue weighted by molar-refractivity contribution is -0.142. The highest BCUT2D eigenvalue weighted by molar-refractivity contribution is 5.88. The lowest BCUT2D eigenvalue weighted by atomic mass is 10.1. The van der Waals surface area contributed by atoms with Gasteiger partial charge in [0.05, 0.1) is 14.2 Å². The second-order valence-electron chi connectivity index (χ2n) is 6.78. The fourth-order valence-electron chi connectivity index (χ4n) is 2.91. The monoisotopic (exact) mass is 414 g/mol. The number of ether oxygens (including phenoxy) is 3. The van der Waals surface area contributed by atoms with Crippen LogP contribution in [-0.4, -0.2) is 50.1 Å². The number of nitrogens with zero attached hydrogens (tertiary/aromatic N) is 1. The Bertz CT molecular complexity index is 840. The van der Waals surface area contributed by atoms with E-state index in [9.17, 15) is 9.59 Å². The number of amides is 2. The minimum Gasteiger partial charge on any atom is -0.497 e. The van der Waals surface area contributed by atoms with Crippen LogP contribution in [-0.2, 0) is 16.1 Å². The molecule has 0 aliphatic heterocycles. The SMILES string of the molecule is CCCNC(=O)[C@H](C)N(Cc1cccc(OC)c1)C(=O)COc1ccccc1OC. The summed E-state index contributed by atoms with van der Waals surface area (Å²) in [6.45, 7) is 4.29. The van der Waals surface area contributed by atoms with Crippen LogP contribution in [0.4, 0.5) is 0 Å². The van der Waals surface area contributed by atoms with E-state index in [4.69, 9.17) is 14.2 Å². The molecule has 7 nitrogen and oxygen atoms in total. The lowest BCUT2D eigenvalue weighted by Gasteiger charge is -2.29. The number of nitrogens with one attached hydrogen (secondary N) is 1. The van der Waals surface area contributed by atoms with Crippen LogP contribution in [0.1, 0.15) is 25.8 Å². The molecule has 0 aliphatic rings. The standard InChI is InChI=1S/C23H30N2O5/c1-5-13-24-23(27)17(2)25(15-18-9-8-10-19(14-18)28-3)22(26)16-30-21-12-7-6-11-20(21)29-4/h6-12,14,17H,5,13,15-16H2,1-4H3,(H,24,27)/t17-/m0/s1. The zero-order chi connectivity index (χ0) is 21.9. The Morgan fingerprint density at radius 3 is 2.43 bits per heavy atom. The molecule has 2 rings (SSSR count). The Balaban J connectivity index is 2.18. The minimum absolute atomic E-state index is 0.203. The lowest BCUT2D eigenvalue weighted by Crippen LogP contribution is -2.49. The number of carbonyl (C=O) groups excluding carboxylic acids is 2. The van der Waals surface area contributed by atoms with Crippen molar-refractivity contribution in [3.63, 3.8) is 0 Å². The van der Waals surface area contributed by atoms with E-state index in [1.165, 1.54) is 4.90 Å². The average molecular weight is 415 g/mol. The van der Waals surface area contributed by atoms with Gasteiger partial charge in [-0.15, -0.1) is 0 Å². The van der Waals surface area contributed by atoms with Crippen LogP contribution in [0.15, 0.2) is 48.5 Å². The topological polar surface area (TPSA) is 77.1 Å². The van der Waals surface area contributed by atoms with Crippen molar-refractivity contribution < 1.29 is 23.8 Å². The van der Waals surface area contributed by atoms with Gasteiger partial charge in [-0.25, -0.2) is 0 Å². The summed E-state index contributed by atoms with van der Waals surface area (Å²) in [5.74, 6) is 1.19. The van der Waals surface area contributed by atoms with Crippen LogP contribution in [0.5, 0.6) is 17.2 Å². The van der Waals surface area contributed by atoms with Crippen LogP contribution in [0, 0.1) is 0 Å². The Kier molecular flexibility index (Phi) is 9.00. The van der Waals surface area contributed by atoms with Gasteiger partial charge in [0, 0.05) is 13.1 Å². The van der Waals surface area contributed by atoms with Gasteiger partial charge in [0.25, 0.3) is 5.91 Å². The summed E-state index contributed by atoms with van der Waals surface area (Å²) in [6, 6.07) is 13.9. The van der Waals surface area contributed by atoms with Gasteiger partial charge in [-0.3, -0.25) is 9.59 Å². The van der Waals surface area contributed by atoms with E-state index >= 15 is 0 Å². The van der Waals surface area contributed by atoms with E-state index in [-0.39, 0.29) is 25.0 Å². The maximum absolute atomic E-state index is 13.0. The molecule has 0 bridgehead atoms. The predicted molar refractivity (Wildman–Crippen MR) is 115 cm³/mol. The average Bonchev–Trinajstić information content (AvgIpc) is 2.79. The number of methoxy groups -OCH3 is 2. The summed E-state index contributed by atoms with van der Waals surface area (Å²) < 4.78 is 16.2. The molecule has 0 saturated carbocycles. The molecule has 0 unspecified atom stereocenters. The first-order chi connectivity index (χ1) is 14.5. The van der Waals surface area contributed by atoms with Gasteiger partial charge in [-0.05, 0) is 43.2 Å². The Morgan fingerprint density at radius 1 is 1.03 bits per heavy atom. The van der Waals surface area contributed by atoms with Crippen molar-refractivity contribution >= 4 is 11.8 Å². The van der Waals surface area contributed by atoms with Gasteiger partial charge in [0.2, 0.25) is 5.91 Å². The highest BCUT2D eigenvalue weighted by atomic mass is 16.5. The minimum atomic E-state index is -0.656. The molecule has 0 radical (unpaired) electrons. The van der Waals surface area contributed by atoms with Crippen molar-refractivity contribution in [1.29, 1.82) is 0 Å². The van der Waals surface area contributed by atoms with Crippen molar-refractivity contribution in [1.82, 2.24) is 10.2 Å². The zero-order valence-electron chi connectivity index (χ0n) is 18.0. The number of hydrogen-bond donors (Lipinski definition) is 1. The quantitative estimate of drug-likeness (QED) is 0.612. The van der Waals surface area contributed by atoms with Crippen LogP contribution in [0.3, 0.4) is 0 Å². The molecule has 0 aliphatic carbocycles. The summed E-state index contributed by atoms with van der Waals surface area (Å²) in [5, 5.41) is 2.85. The van der Waals surface area contributed by atoms with E-state index in [1.54, 1.807) is 39.3 Å². The van der Waals surface area contributed by atoms with Crippen molar-refractivity contribution in [2.45, 2.75) is 32.9 Å². The van der Waals surface area contributed by atoms with Gasteiger partial charge >= 0.3 is 0 Å². The van der Waals surface area contributed by atoms with Gasteiger partial charge in [0.15, 0.2) is 18.1 Å². The fraction of sp³-hybridized carbons (Fsp3) is 0.391. The normalized spacial score (nSPS) is 11.3. The van der Waals surface area contributed by atoms with Crippen molar-refractivity contribution in [2.75, 3.05) is 27.4 Å². The summed E-state index contributed by atoms with van der Waals surface area (Å²) >= 11 is 0. The third-order valence-electron chi connectivity index (χ3n) is 4.62. The van der Waals surface area contributed by atoms with Gasteiger partial charge in [-0.1, -0.05) is 31.2 Å². The van der Waals surface area contributed by atoms with E-state index in [2.05, 4.69) is 5.32 Å². The first kappa shape index (κ1) is 23.1. The highest BCUT2D eigenvalue weighted by Gasteiger charge is 2.26. The maximum Gasteiger partial charge on any atom is 0.261 e. The number of rotatable bonds is 11. The smallest absolute Gasteiger partial charge is 0.261 e. The molecule has 7 heteroatoms. The number of benzene rings is 2. The zero-order valence-corrected chi connectivity index (χ0v) is 18.0. The molecule has 1 N–H and O–H groups in total. The molecule has 1 atom stereocenters. The summed E-state index contributed by atoms with van der Waals surface area (Å²) in [5.41, 5.74) is 0.857. The second-order valence-corrected chi connectivity index (χ2v) is 6.78. The third kappa shape index (κ3) is 6.40. The summed E-state index contributed by atoms with van der Waals surface area (Å²) in [4.78, 5) is 27.1. The molecule has 0 aromatic heterocycles. The fourth-order valence-corrected chi connectivity index (χ4v) is 2.91. The molecule has 0 fully saturated rings. The van der Waals surface area contributed by atoms with E-state index in [1.807, 2.05) is 37.3 Å². The Morgan fingerprint density at radius 2 is 1.77 bits per heavy atom. The van der Waals surface area contributed by atoms with E-state index < -0.39 is 6.04 Å². The van der Waals surface area contributed by atoms with Crippen LogP contribution in [0.2, 0.25) is 0 Å². The molecule has 0 heterocycles. The summed E-state index contributed by atoms with van der Waals surface area (Å²) in [7, 11) is 3.13. The van der Waals surface area contributed by atoms with Crippen molar-refractivity contribution in [2.24, 2.45) is 0 Å². The first-order valence-corrected chi connectivity index (χ1v) is 9.96. The van der Waals surface area contributed by atoms with E-state index in [0.717, 1.165) is 12.0 Å². The second kappa shape index (κ2) is 11.7. The summed E-state index contributed by atoms with van der Waals surface area (Å²) in [6.07, 6.45) is 0.819. The van der Waals surface area contributed by atoms with Gasteiger partial charge < -0.3 is 24.4 Å². The van der Waals surface area contributed by atoms with Crippen molar-refractivity contribution in [3.05, 3.63) is 54.1 Å². The van der Waals surface area contributed by atoms with Crippen molar-refractivity contribution in [3.8, 4) is 17.2 Å². The molecule has 0 saturated heterocycles. The Labute approximate surface area is 177 Å². The van der Waals surface area contributed by atoms with Crippen LogP contribution < -0.4 is 19.5 Å². The third-order valence-corrected chi connectivity index (χ3v) is 4.62. The molecule has 162 valence electrons. The number of para-hydroxylation sites is 2. The molecule has 0 spiro atoms. The Hall–Kier alpha value is -3.22. The molecule has 30 heavy (non-hydrogen) atoms.